The molecule has 0 unspecified atom stereocenters. The van der Waals surface area contributed by atoms with Gasteiger partial charge in [0.05, 0.1) is 12.8 Å². The van der Waals surface area contributed by atoms with Crippen LogP contribution in [-0.2, 0) is 11.9 Å². The van der Waals surface area contributed by atoms with E-state index in [0.29, 0.717) is 6.20 Å². The van der Waals surface area contributed by atoms with E-state index in [1.807, 2.05) is 0 Å². The molecule has 1 rings (SSSR count). The highest BCUT2D eigenvalue weighted by Gasteiger charge is 2.19. The topological polar surface area (TPSA) is 33.1 Å². The van der Waals surface area contributed by atoms with Crippen LogP contribution in [0.25, 0.3) is 0 Å². The molecule has 14 heavy (non-hydrogen) atoms. The van der Waals surface area contributed by atoms with Crippen LogP contribution in [0.4, 0.5) is 13.2 Å². The predicted molar refractivity (Wildman–Crippen MR) is 47.7 cm³/mol. The number of hydrogen-bond donors (Lipinski definition) is 1. The van der Waals surface area contributed by atoms with Crippen molar-refractivity contribution in [3.8, 4) is 0 Å². The summed E-state index contributed by atoms with van der Waals surface area (Å²) >= 11 is 2.95. The van der Waals surface area contributed by atoms with E-state index in [2.05, 4.69) is 20.9 Å². The third-order valence-electron chi connectivity index (χ3n) is 1.78. The summed E-state index contributed by atoms with van der Waals surface area (Å²) in [6.45, 7) is -0.616. The van der Waals surface area contributed by atoms with Gasteiger partial charge in [0.15, 0.2) is 0 Å². The highest BCUT2D eigenvalue weighted by atomic mass is 79.9. The van der Waals surface area contributed by atoms with E-state index in [0.717, 1.165) is 0 Å². The lowest BCUT2D eigenvalue weighted by Gasteiger charge is -2.10. The third kappa shape index (κ3) is 2.06. The number of rotatable bonds is 3. The first-order valence-corrected chi connectivity index (χ1v) is 4.85. The van der Waals surface area contributed by atoms with Crippen molar-refractivity contribution in [2.45, 2.75) is 18.4 Å². The van der Waals surface area contributed by atoms with Crippen molar-refractivity contribution in [3.05, 3.63) is 28.8 Å². The third-order valence-corrected chi connectivity index (χ3v) is 2.34. The summed E-state index contributed by atoms with van der Waals surface area (Å²) in [5.41, 5.74) is -0.609. The second-order valence-corrected chi connectivity index (χ2v) is 3.10. The second kappa shape index (κ2) is 4.75. The molecule has 0 atom stereocenters. The van der Waals surface area contributed by atoms with E-state index in [9.17, 15) is 13.2 Å². The molecular weight excluding hydrogens is 263 g/mol. The van der Waals surface area contributed by atoms with Crippen LogP contribution < -0.4 is 0 Å². The highest BCUT2D eigenvalue weighted by molar-refractivity contribution is 9.08. The Morgan fingerprint density at radius 3 is 2.50 bits per heavy atom. The molecule has 0 aliphatic heterocycles. The average Bonchev–Trinajstić information content (AvgIpc) is 2.16. The first-order chi connectivity index (χ1) is 6.61. The lowest BCUT2D eigenvalue weighted by molar-refractivity contribution is 0.144. The number of halogens is 4. The van der Waals surface area contributed by atoms with E-state index >= 15 is 0 Å². The van der Waals surface area contributed by atoms with Gasteiger partial charge in [0.2, 0.25) is 0 Å². The Morgan fingerprint density at radius 1 is 1.43 bits per heavy atom. The molecule has 0 spiro atoms. The zero-order valence-electron chi connectivity index (χ0n) is 6.98. The number of aliphatic hydroxyl groups is 1. The normalized spacial score (nSPS) is 11.0. The number of hydrogen-bond acceptors (Lipinski definition) is 2. The molecule has 0 aromatic carbocycles. The molecule has 0 aliphatic carbocycles. The number of nitrogens with zero attached hydrogens (tertiary/aromatic N) is 1. The lowest BCUT2D eigenvalue weighted by Crippen LogP contribution is -2.05. The molecule has 1 N–H and O–H groups in total. The molecular formula is C8H7BrF3NO. The maximum atomic E-state index is 13.0. The molecule has 1 aromatic rings. The molecule has 0 amide bonds. The van der Waals surface area contributed by atoms with Crippen LogP contribution in [-0.4, -0.2) is 10.1 Å². The second-order valence-electron chi connectivity index (χ2n) is 2.54. The van der Waals surface area contributed by atoms with Gasteiger partial charge >= 0.3 is 0 Å². The van der Waals surface area contributed by atoms with Gasteiger partial charge < -0.3 is 5.11 Å². The van der Waals surface area contributed by atoms with Gasteiger partial charge in [-0.3, -0.25) is 4.98 Å². The molecule has 1 heterocycles. The fourth-order valence-electron chi connectivity index (χ4n) is 1.09. The summed E-state index contributed by atoms with van der Waals surface area (Å²) in [6.07, 6.45) is -2.08. The van der Waals surface area contributed by atoms with E-state index in [1.165, 1.54) is 0 Å². The smallest absolute Gasteiger partial charge is 0.280 e. The number of alkyl halides is 3. The fraction of sp³-hybridized carbons (Fsp3) is 0.375. The Labute approximate surface area is 86.9 Å². The van der Waals surface area contributed by atoms with Crippen molar-refractivity contribution >= 4 is 15.9 Å². The SMILES string of the molecule is OCc1c(F)cnc(C(F)F)c1CBr. The largest absolute Gasteiger partial charge is 0.392 e. The van der Waals surface area contributed by atoms with E-state index < -0.39 is 24.5 Å². The first-order valence-electron chi connectivity index (χ1n) is 3.73. The molecule has 2 nitrogen and oxygen atoms in total. The summed E-state index contributed by atoms with van der Waals surface area (Å²) in [5.74, 6) is -0.772. The van der Waals surface area contributed by atoms with Crippen molar-refractivity contribution in [1.29, 1.82) is 0 Å². The van der Waals surface area contributed by atoms with Crippen molar-refractivity contribution in [2.24, 2.45) is 0 Å². The van der Waals surface area contributed by atoms with E-state index in [-0.39, 0.29) is 16.5 Å². The van der Waals surface area contributed by atoms with Crippen LogP contribution in [0.2, 0.25) is 0 Å². The van der Waals surface area contributed by atoms with Gasteiger partial charge in [-0.05, 0) is 5.56 Å². The van der Waals surface area contributed by atoms with Gasteiger partial charge in [0.1, 0.15) is 11.5 Å². The Morgan fingerprint density at radius 2 is 2.07 bits per heavy atom. The summed E-state index contributed by atoms with van der Waals surface area (Å²) in [4.78, 5) is 3.29. The quantitative estimate of drug-likeness (QED) is 0.856. The monoisotopic (exact) mass is 269 g/mol. The van der Waals surface area contributed by atoms with Crippen LogP contribution in [0.15, 0.2) is 6.20 Å². The molecule has 1 aromatic heterocycles. The molecule has 0 bridgehead atoms. The van der Waals surface area contributed by atoms with Crippen molar-refractivity contribution in [2.75, 3.05) is 0 Å². The number of aliphatic hydroxyl groups excluding tert-OH is 1. The van der Waals surface area contributed by atoms with Crippen LogP contribution in [0.3, 0.4) is 0 Å². The maximum absolute atomic E-state index is 13.0. The Bertz CT molecular complexity index is 333. The average molecular weight is 270 g/mol. The maximum Gasteiger partial charge on any atom is 0.280 e. The van der Waals surface area contributed by atoms with Crippen LogP contribution in [0.5, 0.6) is 0 Å². The summed E-state index contributed by atoms with van der Waals surface area (Å²) < 4.78 is 37.7. The van der Waals surface area contributed by atoms with Crippen molar-refractivity contribution in [3.63, 3.8) is 0 Å². The zero-order chi connectivity index (χ0) is 10.7. The minimum Gasteiger partial charge on any atom is -0.392 e. The van der Waals surface area contributed by atoms with Crippen LogP contribution in [0.1, 0.15) is 23.2 Å². The number of aromatic nitrogens is 1. The molecule has 0 saturated heterocycles. The molecule has 78 valence electrons. The van der Waals surface area contributed by atoms with Gasteiger partial charge in [0, 0.05) is 10.9 Å². The summed E-state index contributed by atoms with van der Waals surface area (Å²) in [7, 11) is 0. The zero-order valence-corrected chi connectivity index (χ0v) is 8.56. The molecule has 0 aliphatic rings. The molecule has 6 heteroatoms. The van der Waals surface area contributed by atoms with Crippen molar-refractivity contribution < 1.29 is 18.3 Å². The predicted octanol–water partition coefficient (Wildman–Crippen LogP) is 2.55. The van der Waals surface area contributed by atoms with Crippen LogP contribution in [0, 0.1) is 5.82 Å². The fourth-order valence-corrected chi connectivity index (χ4v) is 1.71. The Balaban J connectivity index is 3.33. The number of pyridine rings is 1. The summed E-state index contributed by atoms with van der Waals surface area (Å²) in [5, 5.41) is 8.84. The van der Waals surface area contributed by atoms with Crippen molar-refractivity contribution in [1.82, 2.24) is 4.98 Å². The summed E-state index contributed by atoms with van der Waals surface area (Å²) in [6, 6.07) is 0. The van der Waals surface area contributed by atoms with E-state index in [4.69, 9.17) is 5.11 Å². The lowest BCUT2D eigenvalue weighted by atomic mass is 10.1. The van der Waals surface area contributed by atoms with Gasteiger partial charge in [-0.1, -0.05) is 15.9 Å². The molecule has 0 saturated carbocycles. The Kier molecular flexibility index (Phi) is 3.88. The van der Waals surface area contributed by atoms with E-state index in [1.54, 1.807) is 0 Å². The van der Waals surface area contributed by atoms with Gasteiger partial charge in [-0.15, -0.1) is 0 Å². The van der Waals surface area contributed by atoms with Gasteiger partial charge in [-0.25, -0.2) is 13.2 Å². The molecule has 0 radical (unpaired) electrons. The van der Waals surface area contributed by atoms with Crippen LogP contribution >= 0.6 is 15.9 Å². The van der Waals surface area contributed by atoms with Gasteiger partial charge in [-0.2, -0.15) is 0 Å². The minimum atomic E-state index is -2.77. The van der Waals surface area contributed by atoms with Gasteiger partial charge in [0.25, 0.3) is 6.43 Å². The standard InChI is InChI=1S/C8H7BrF3NO/c9-1-4-5(3-14)6(10)2-13-7(4)8(11)12/h2,8,14H,1,3H2. The first kappa shape index (κ1) is 11.5. The Hall–Kier alpha value is -0.620. The minimum absolute atomic E-state index is 0.0162. The highest BCUT2D eigenvalue weighted by Crippen LogP contribution is 2.26. The molecule has 0 fully saturated rings.